The van der Waals surface area contributed by atoms with E-state index in [1.54, 1.807) is 0 Å². The van der Waals surface area contributed by atoms with Gasteiger partial charge in [0.15, 0.2) is 6.23 Å². The van der Waals surface area contributed by atoms with E-state index >= 15 is 0 Å². The van der Waals surface area contributed by atoms with Gasteiger partial charge >= 0.3 is 5.69 Å². The van der Waals surface area contributed by atoms with Crippen molar-refractivity contribution in [2.45, 2.75) is 37.4 Å². The van der Waals surface area contributed by atoms with Crippen molar-refractivity contribution in [1.82, 2.24) is 9.55 Å². The fourth-order valence-corrected chi connectivity index (χ4v) is 3.66. The van der Waals surface area contributed by atoms with Crippen molar-refractivity contribution in [3.05, 3.63) is 32.6 Å². The van der Waals surface area contributed by atoms with Crippen LogP contribution >= 0.6 is 6.89 Å². The quantitative estimate of drug-likeness (QED) is 0.436. The minimum atomic E-state index is -1.35. The van der Waals surface area contributed by atoms with Crippen molar-refractivity contribution in [3.8, 4) is 0 Å². The number of ether oxygens (including phenoxy) is 1. The van der Waals surface area contributed by atoms with Crippen LogP contribution in [0.2, 0.25) is 0 Å². The molecule has 2 rings (SSSR count). The Morgan fingerprint density at radius 2 is 2.04 bits per heavy atom. The lowest BCUT2D eigenvalue weighted by Gasteiger charge is -2.19. The van der Waals surface area contributed by atoms with Gasteiger partial charge < -0.3 is 20.7 Å². The number of nitrogens with two attached hydrogens (primary N) is 1. The number of H-pyrrole nitrogens is 1. The molecule has 4 atom stereocenters. The Bertz CT molecular complexity index is 810. The minimum absolute atomic E-state index is 0.0225. The van der Waals surface area contributed by atoms with Crippen LogP contribution in [0.1, 0.15) is 18.2 Å². The molecule has 25 heavy (non-hydrogen) atoms. The predicted octanol–water partition coefficient (Wildman–Crippen LogP) is -1.72. The summed E-state index contributed by atoms with van der Waals surface area (Å²) in [4.78, 5) is 36.9. The van der Waals surface area contributed by atoms with Crippen LogP contribution in [0, 0.1) is 0 Å². The van der Waals surface area contributed by atoms with Gasteiger partial charge in [0.05, 0.1) is 12.5 Å². The second-order valence-electron chi connectivity index (χ2n) is 6.96. The number of aromatic nitrogens is 2. The van der Waals surface area contributed by atoms with Crippen molar-refractivity contribution >= 4 is 19.1 Å². The van der Waals surface area contributed by atoms with Gasteiger partial charge in [0.2, 0.25) is 5.91 Å². The Kier molecular flexibility index (Phi) is 5.73. The van der Waals surface area contributed by atoms with E-state index < -0.39 is 48.6 Å². The Labute approximate surface area is 144 Å². The van der Waals surface area contributed by atoms with Gasteiger partial charge in [-0.3, -0.25) is 19.1 Å². The number of nitrogens with one attached hydrogen (secondary N) is 1. The van der Waals surface area contributed by atoms with Crippen LogP contribution in [0.3, 0.4) is 0 Å². The lowest BCUT2D eigenvalue weighted by molar-refractivity contribution is -0.117. The molecule has 9 nitrogen and oxygen atoms in total. The maximum absolute atomic E-state index is 12.1. The molecule has 0 bridgehead atoms. The lowest BCUT2D eigenvalue weighted by atomic mass is 10.1. The standard InChI is InChI=1S/C15H24N3O6P/c1-25(2,3)5-4-9-11(20)12(21)14(24-9)18-7-8(6-10(16)19)13(22)17-15(18)23/h7,9,11-12,14,20-21H,1,4-6H2,2-3H3,(H2,16,19)(H,17,22,23)/t9-,11-,12-,14-/m1/s1. The maximum atomic E-state index is 12.1. The highest BCUT2D eigenvalue weighted by atomic mass is 31.2. The Morgan fingerprint density at radius 1 is 1.40 bits per heavy atom. The van der Waals surface area contributed by atoms with E-state index in [0.717, 1.165) is 16.9 Å². The lowest BCUT2D eigenvalue weighted by Crippen LogP contribution is -2.39. The molecule has 1 saturated heterocycles. The molecule has 0 radical (unpaired) electrons. The minimum Gasteiger partial charge on any atom is -0.388 e. The summed E-state index contributed by atoms with van der Waals surface area (Å²) in [6.07, 6.45) is 1.77. The van der Waals surface area contributed by atoms with E-state index in [0.29, 0.717) is 6.42 Å². The number of carbonyl (C=O) groups is 1. The topological polar surface area (TPSA) is 148 Å². The molecule has 1 aromatic rings. The smallest absolute Gasteiger partial charge is 0.330 e. The van der Waals surface area contributed by atoms with Crippen molar-refractivity contribution in [2.24, 2.45) is 5.73 Å². The third kappa shape index (κ3) is 4.70. The molecule has 0 aliphatic carbocycles. The van der Waals surface area contributed by atoms with E-state index in [2.05, 4.69) is 11.3 Å². The van der Waals surface area contributed by atoms with Gasteiger partial charge in [-0.05, 0) is 25.9 Å². The van der Waals surface area contributed by atoms with Crippen LogP contribution in [0.15, 0.2) is 15.8 Å². The van der Waals surface area contributed by atoms with Gasteiger partial charge in [0.25, 0.3) is 5.56 Å². The SMILES string of the molecule is C=P(C)(C)CC[C@H]1O[C@@H](n2cc(CC(N)=O)c(=O)[nH]c2=O)[C@H](O)[C@@H]1O. The van der Waals surface area contributed by atoms with Gasteiger partial charge in [0.1, 0.15) is 12.2 Å². The van der Waals surface area contributed by atoms with Crippen molar-refractivity contribution in [3.63, 3.8) is 0 Å². The number of hydrogen-bond acceptors (Lipinski definition) is 6. The van der Waals surface area contributed by atoms with Crippen molar-refractivity contribution in [2.75, 3.05) is 19.5 Å². The van der Waals surface area contributed by atoms with E-state index in [1.165, 1.54) is 0 Å². The third-order valence-corrected chi connectivity index (χ3v) is 5.51. The van der Waals surface area contributed by atoms with E-state index in [1.807, 2.05) is 13.3 Å². The summed E-state index contributed by atoms with van der Waals surface area (Å²) in [5.74, 6) is -0.733. The molecule has 1 aliphatic rings. The van der Waals surface area contributed by atoms with Gasteiger partial charge in [0, 0.05) is 11.8 Å². The molecule has 0 spiro atoms. The monoisotopic (exact) mass is 373 g/mol. The van der Waals surface area contributed by atoms with Gasteiger partial charge in [-0.25, -0.2) is 4.79 Å². The summed E-state index contributed by atoms with van der Waals surface area (Å²) in [6.45, 7) is 2.76. The summed E-state index contributed by atoms with van der Waals surface area (Å²) >= 11 is 0. The summed E-state index contributed by atoms with van der Waals surface area (Å²) in [6, 6.07) is 0. The normalized spacial score (nSPS) is 26.7. The summed E-state index contributed by atoms with van der Waals surface area (Å²) in [5, 5.41) is 20.5. The first-order valence-corrected chi connectivity index (χ1v) is 10.9. The van der Waals surface area contributed by atoms with E-state index in [4.69, 9.17) is 10.5 Å². The van der Waals surface area contributed by atoms with Crippen molar-refractivity contribution in [1.29, 1.82) is 0 Å². The number of hydrogen-bond donors (Lipinski definition) is 4. The molecular formula is C15H24N3O6P. The first-order valence-electron chi connectivity index (χ1n) is 7.81. The molecular weight excluding hydrogens is 349 g/mol. The maximum Gasteiger partial charge on any atom is 0.330 e. The van der Waals surface area contributed by atoms with Crippen LogP contribution in [-0.2, 0) is 16.0 Å². The Morgan fingerprint density at radius 3 is 2.60 bits per heavy atom. The van der Waals surface area contributed by atoms with Gasteiger partial charge in [-0.1, -0.05) is 0 Å². The molecule has 1 aliphatic heterocycles. The fraction of sp³-hybridized carbons (Fsp3) is 0.600. The highest BCUT2D eigenvalue weighted by Gasteiger charge is 2.44. The largest absolute Gasteiger partial charge is 0.388 e. The molecule has 2 heterocycles. The second-order valence-corrected chi connectivity index (χ2v) is 11.3. The first-order chi connectivity index (χ1) is 11.5. The molecule has 1 amide bonds. The van der Waals surface area contributed by atoms with Crippen LogP contribution < -0.4 is 17.0 Å². The highest BCUT2D eigenvalue weighted by molar-refractivity contribution is 7.72. The zero-order chi connectivity index (χ0) is 18.9. The molecule has 5 N–H and O–H groups in total. The fourth-order valence-electron chi connectivity index (χ4n) is 2.70. The summed E-state index contributed by atoms with van der Waals surface area (Å²) < 4.78 is 6.63. The molecule has 1 fully saturated rings. The molecule has 10 heteroatoms. The highest BCUT2D eigenvalue weighted by Crippen LogP contribution is 2.39. The molecule has 140 valence electrons. The number of nitrogens with zero attached hydrogens (tertiary/aromatic N) is 1. The second kappa shape index (κ2) is 7.29. The summed E-state index contributed by atoms with van der Waals surface area (Å²) in [5.41, 5.74) is 3.53. The molecule has 0 saturated carbocycles. The number of aliphatic hydroxyl groups excluding tert-OH is 2. The number of aliphatic hydroxyl groups is 2. The number of carbonyl (C=O) groups excluding carboxylic acids is 1. The summed E-state index contributed by atoms with van der Waals surface area (Å²) in [7, 11) is 0. The molecule has 0 unspecified atom stereocenters. The van der Waals surface area contributed by atoms with E-state index in [9.17, 15) is 24.6 Å². The molecule has 0 aromatic carbocycles. The Hall–Kier alpha value is -1.67. The van der Waals surface area contributed by atoms with Crippen LogP contribution in [0.25, 0.3) is 0 Å². The number of primary amides is 1. The van der Waals surface area contributed by atoms with Crippen molar-refractivity contribution < 1.29 is 19.7 Å². The Balaban J connectivity index is 2.29. The van der Waals surface area contributed by atoms with Crippen LogP contribution in [0.5, 0.6) is 0 Å². The zero-order valence-corrected chi connectivity index (χ0v) is 15.1. The third-order valence-electron chi connectivity index (χ3n) is 4.04. The average molecular weight is 373 g/mol. The predicted molar refractivity (Wildman–Crippen MR) is 95.5 cm³/mol. The number of amides is 1. The van der Waals surface area contributed by atoms with E-state index in [-0.39, 0.29) is 12.0 Å². The average Bonchev–Trinajstić information content (AvgIpc) is 2.75. The first kappa shape index (κ1) is 19.7. The van der Waals surface area contributed by atoms with Crippen LogP contribution in [0.4, 0.5) is 0 Å². The zero-order valence-electron chi connectivity index (χ0n) is 14.2. The van der Waals surface area contributed by atoms with Crippen LogP contribution in [-0.4, -0.2) is 69.8 Å². The van der Waals surface area contributed by atoms with Gasteiger partial charge in [-0.2, -0.15) is 0 Å². The number of aromatic amines is 1. The van der Waals surface area contributed by atoms with Gasteiger partial charge in [-0.15, -0.1) is 13.2 Å². The number of rotatable bonds is 6. The molecule has 1 aromatic heterocycles.